The fraction of sp³-hybridized carbons (Fsp3) is 0.214. The lowest BCUT2D eigenvalue weighted by Crippen LogP contribution is -2.23. The molecule has 6 nitrogen and oxygen atoms in total. The van der Waals surface area contributed by atoms with E-state index in [9.17, 15) is 4.79 Å². The highest BCUT2D eigenvalue weighted by atomic mass is 35.5. The van der Waals surface area contributed by atoms with Crippen LogP contribution in [0, 0.1) is 0 Å². The summed E-state index contributed by atoms with van der Waals surface area (Å²) >= 11 is 5.99. The molecule has 3 rings (SSSR count). The number of nitrogen functional groups attached to an aromatic ring is 1. The van der Waals surface area contributed by atoms with E-state index in [4.69, 9.17) is 17.3 Å². The van der Waals surface area contributed by atoms with Gasteiger partial charge in [-0.3, -0.25) is 9.89 Å². The van der Waals surface area contributed by atoms with Crippen LogP contribution in [0.25, 0.3) is 5.78 Å². The van der Waals surface area contributed by atoms with Crippen molar-refractivity contribution >= 4 is 23.3 Å². The van der Waals surface area contributed by atoms with E-state index in [0.29, 0.717) is 29.2 Å². The first kappa shape index (κ1) is 13.6. The first-order chi connectivity index (χ1) is 10.1. The number of nitrogens with zero attached hydrogens (tertiary/aromatic N) is 3. The van der Waals surface area contributed by atoms with Crippen LogP contribution in [0.15, 0.2) is 29.1 Å². The van der Waals surface area contributed by atoms with Crippen LogP contribution < -0.4 is 11.3 Å². The second-order valence-electron chi connectivity index (χ2n) is 4.75. The maximum absolute atomic E-state index is 12.6. The van der Waals surface area contributed by atoms with Crippen molar-refractivity contribution in [3.05, 3.63) is 56.5 Å². The molecular formula is C14H14ClN5O. The molecule has 3 N–H and O–H groups in total. The molecule has 0 aliphatic heterocycles. The Kier molecular flexibility index (Phi) is 3.39. The minimum Gasteiger partial charge on any atom is -0.368 e. The number of aromatic amines is 1. The van der Waals surface area contributed by atoms with Crippen molar-refractivity contribution < 1.29 is 0 Å². The molecule has 0 aliphatic carbocycles. The highest BCUT2D eigenvalue weighted by Crippen LogP contribution is 2.15. The Morgan fingerprint density at radius 3 is 2.90 bits per heavy atom. The predicted octanol–water partition coefficient (Wildman–Crippen LogP) is 1.81. The van der Waals surface area contributed by atoms with Gasteiger partial charge in [0.25, 0.3) is 11.3 Å². The van der Waals surface area contributed by atoms with Crippen LogP contribution in [0.5, 0.6) is 0 Å². The second kappa shape index (κ2) is 5.21. The monoisotopic (exact) mass is 303 g/mol. The van der Waals surface area contributed by atoms with E-state index < -0.39 is 0 Å². The standard InChI is InChI=1S/C14H14ClN5O/c1-2-11-10(7-8-4-3-5-9(15)6-8)12(21)20-14(17-11)18-13(16)19-20/h3-6H,2,7H2,1H3,(H3,16,17,18,19). The van der Waals surface area contributed by atoms with Crippen molar-refractivity contribution in [1.29, 1.82) is 0 Å². The van der Waals surface area contributed by atoms with Crippen molar-refractivity contribution in [2.75, 3.05) is 5.73 Å². The van der Waals surface area contributed by atoms with Gasteiger partial charge in [0.2, 0.25) is 5.95 Å². The Labute approximate surface area is 125 Å². The van der Waals surface area contributed by atoms with Gasteiger partial charge in [0, 0.05) is 17.0 Å². The Bertz CT molecular complexity index is 867. The number of anilines is 1. The summed E-state index contributed by atoms with van der Waals surface area (Å²) in [6, 6.07) is 7.44. The molecule has 0 amide bonds. The molecule has 0 aliphatic rings. The Hall–Kier alpha value is -2.34. The summed E-state index contributed by atoms with van der Waals surface area (Å²) in [6.45, 7) is 1.95. The van der Waals surface area contributed by atoms with E-state index in [1.807, 2.05) is 25.1 Å². The van der Waals surface area contributed by atoms with Crippen LogP contribution in [0.2, 0.25) is 5.02 Å². The van der Waals surface area contributed by atoms with E-state index in [1.165, 1.54) is 4.52 Å². The fourth-order valence-corrected chi connectivity index (χ4v) is 2.54. The van der Waals surface area contributed by atoms with Gasteiger partial charge >= 0.3 is 0 Å². The molecule has 0 saturated carbocycles. The molecule has 108 valence electrons. The smallest absolute Gasteiger partial charge is 0.277 e. The third-order valence-corrected chi connectivity index (χ3v) is 3.53. The van der Waals surface area contributed by atoms with Crippen LogP contribution in [-0.2, 0) is 12.8 Å². The van der Waals surface area contributed by atoms with Crippen LogP contribution in [0.1, 0.15) is 23.7 Å². The van der Waals surface area contributed by atoms with Gasteiger partial charge < -0.3 is 5.73 Å². The summed E-state index contributed by atoms with van der Waals surface area (Å²) in [6.07, 6.45) is 1.12. The number of hydrogen-bond donors (Lipinski definition) is 2. The largest absolute Gasteiger partial charge is 0.368 e. The number of aromatic nitrogens is 4. The number of rotatable bonds is 3. The SMILES string of the molecule is CCc1nc2nc(N)[nH]n2c(=O)c1Cc1cccc(Cl)c1. The molecule has 2 heterocycles. The lowest BCUT2D eigenvalue weighted by Gasteiger charge is -2.07. The molecule has 2 aromatic heterocycles. The molecule has 7 heteroatoms. The van der Waals surface area contributed by atoms with Crippen molar-refractivity contribution in [3.63, 3.8) is 0 Å². The number of nitrogens with one attached hydrogen (secondary N) is 1. The molecule has 0 fully saturated rings. The third kappa shape index (κ3) is 2.50. The fourth-order valence-electron chi connectivity index (χ4n) is 2.33. The molecule has 21 heavy (non-hydrogen) atoms. The first-order valence-electron chi connectivity index (χ1n) is 6.59. The van der Waals surface area contributed by atoms with Gasteiger partial charge in [-0.15, -0.1) is 0 Å². The van der Waals surface area contributed by atoms with Gasteiger partial charge in [0.15, 0.2) is 0 Å². The molecular weight excluding hydrogens is 290 g/mol. The topological polar surface area (TPSA) is 89.1 Å². The summed E-state index contributed by atoms with van der Waals surface area (Å²) in [4.78, 5) is 21.0. The van der Waals surface area contributed by atoms with Crippen molar-refractivity contribution in [2.45, 2.75) is 19.8 Å². The highest BCUT2D eigenvalue weighted by Gasteiger charge is 2.14. The maximum atomic E-state index is 12.6. The van der Waals surface area contributed by atoms with E-state index in [2.05, 4.69) is 15.1 Å². The molecule has 0 unspecified atom stereocenters. The Morgan fingerprint density at radius 2 is 2.19 bits per heavy atom. The molecule has 0 atom stereocenters. The number of halogens is 1. The predicted molar refractivity (Wildman–Crippen MR) is 81.7 cm³/mol. The van der Waals surface area contributed by atoms with E-state index >= 15 is 0 Å². The van der Waals surface area contributed by atoms with Gasteiger partial charge in [-0.1, -0.05) is 30.7 Å². The average Bonchev–Trinajstić information content (AvgIpc) is 2.83. The summed E-state index contributed by atoms with van der Waals surface area (Å²) in [5, 5.41) is 3.34. The summed E-state index contributed by atoms with van der Waals surface area (Å²) < 4.78 is 1.27. The van der Waals surface area contributed by atoms with Crippen LogP contribution in [0.3, 0.4) is 0 Å². The zero-order valence-corrected chi connectivity index (χ0v) is 12.2. The Morgan fingerprint density at radius 1 is 1.38 bits per heavy atom. The molecule has 3 aromatic rings. The average molecular weight is 304 g/mol. The van der Waals surface area contributed by atoms with Gasteiger partial charge in [-0.25, -0.2) is 4.98 Å². The first-order valence-corrected chi connectivity index (χ1v) is 6.96. The molecule has 1 aromatic carbocycles. The highest BCUT2D eigenvalue weighted by molar-refractivity contribution is 6.30. The molecule has 0 saturated heterocycles. The molecule has 0 spiro atoms. The van der Waals surface area contributed by atoms with Crippen LogP contribution >= 0.6 is 11.6 Å². The lowest BCUT2D eigenvalue weighted by atomic mass is 10.0. The summed E-state index contributed by atoms with van der Waals surface area (Å²) in [5.74, 6) is 0.464. The van der Waals surface area contributed by atoms with Gasteiger partial charge in [-0.05, 0) is 24.1 Å². The van der Waals surface area contributed by atoms with Gasteiger partial charge in [-0.2, -0.15) is 9.50 Å². The summed E-state index contributed by atoms with van der Waals surface area (Å²) in [7, 11) is 0. The number of aryl methyl sites for hydroxylation is 1. The second-order valence-corrected chi connectivity index (χ2v) is 5.18. The van der Waals surface area contributed by atoms with Crippen molar-refractivity contribution in [3.8, 4) is 0 Å². The minimum absolute atomic E-state index is 0.168. The quantitative estimate of drug-likeness (QED) is 0.772. The zero-order valence-electron chi connectivity index (χ0n) is 11.4. The zero-order chi connectivity index (χ0) is 15.0. The van der Waals surface area contributed by atoms with Gasteiger partial charge in [0.1, 0.15) is 0 Å². The maximum Gasteiger partial charge on any atom is 0.277 e. The Balaban J connectivity index is 2.16. The van der Waals surface area contributed by atoms with E-state index in [-0.39, 0.29) is 11.5 Å². The normalized spacial score (nSPS) is 11.1. The van der Waals surface area contributed by atoms with Crippen molar-refractivity contribution in [2.24, 2.45) is 0 Å². The lowest BCUT2D eigenvalue weighted by molar-refractivity contribution is 0.843. The number of hydrogen-bond acceptors (Lipinski definition) is 4. The number of H-pyrrole nitrogens is 1. The molecule has 0 bridgehead atoms. The summed E-state index contributed by atoms with van der Waals surface area (Å²) in [5.41, 5.74) is 7.73. The van der Waals surface area contributed by atoms with E-state index in [1.54, 1.807) is 6.07 Å². The number of fused-ring (bicyclic) bond motifs is 1. The molecule has 0 radical (unpaired) electrons. The van der Waals surface area contributed by atoms with Crippen LogP contribution in [-0.4, -0.2) is 19.6 Å². The minimum atomic E-state index is -0.180. The van der Waals surface area contributed by atoms with Crippen molar-refractivity contribution in [1.82, 2.24) is 19.6 Å². The van der Waals surface area contributed by atoms with Gasteiger partial charge in [0.05, 0.1) is 5.69 Å². The van der Waals surface area contributed by atoms with E-state index in [0.717, 1.165) is 11.3 Å². The number of nitrogens with two attached hydrogens (primary N) is 1. The number of benzene rings is 1. The van der Waals surface area contributed by atoms with Crippen LogP contribution in [0.4, 0.5) is 5.95 Å². The third-order valence-electron chi connectivity index (χ3n) is 3.30.